The summed E-state index contributed by atoms with van der Waals surface area (Å²) in [6, 6.07) is 29.9. The summed E-state index contributed by atoms with van der Waals surface area (Å²) in [6.07, 6.45) is 8.08. The van der Waals surface area contributed by atoms with E-state index in [0.29, 0.717) is 0 Å². The van der Waals surface area contributed by atoms with Gasteiger partial charge >= 0.3 is 0 Å². The minimum Gasteiger partial charge on any atom is -0.309 e. The zero-order valence-corrected chi connectivity index (χ0v) is 23.0. The van der Waals surface area contributed by atoms with Crippen LogP contribution in [0.2, 0.25) is 0 Å². The van der Waals surface area contributed by atoms with E-state index in [1.54, 1.807) is 0 Å². The Morgan fingerprint density at radius 2 is 1.54 bits per heavy atom. The lowest BCUT2D eigenvalue weighted by atomic mass is 9.60. The number of pyridine rings is 1. The van der Waals surface area contributed by atoms with Crippen LogP contribution in [-0.2, 0) is 17.4 Å². The van der Waals surface area contributed by atoms with Gasteiger partial charge in [-0.25, -0.2) is 0 Å². The fourth-order valence-corrected chi connectivity index (χ4v) is 6.98. The third-order valence-electron chi connectivity index (χ3n) is 9.66. The second-order valence-electron chi connectivity index (χ2n) is 11.3. The highest BCUT2D eigenvalue weighted by atomic mass is 15.1. The Morgan fingerprint density at radius 3 is 2.32 bits per heavy atom. The maximum absolute atomic E-state index is 2.55. The number of hydrogen-bond donors (Lipinski definition) is 0. The van der Waals surface area contributed by atoms with Gasteiger partial charge in [-0.1, -0.05) is 57.5 Å². The molecule has 2 heteroatoms. The molecule has 1 aliphatic heterocycles. The number of fused-ring (bicyclic) bond motifs is 6. The van der Waals surface area contributed by atoms with Crippen LogP contribution in [0.3, 0.4) is 0 Å². The molecule has 2 unspecified atom stereocenters. The lowest BCUT2D eigenvalue weighted by Gasteiger charge is -2.46. The van der Waals surface area contributed by atoms with Gasteiger partial charge < -0.3 is 4.57 Å². The first-order valence-electron chi connectivity index (χ1n) is 14.2. The Labute approximate surface area is 221 Å². The van der Waals surface area contributed by atoms with Crippen molar-refractivity contribution >= 4 is 21.8 Å². The maximum atomic E-state index is 2.55. The van der Waals surface area contributed by atoms with Crippen molar-refractivity contribution in [1.82, 2.24) is 4.57 Å². The van der Waals surface area contributed by atoms with Crippen molar-refractivity contribution in [1.29, 1.82) is 0 Å². The first-order chi connectivity index (χ1) is 18.0. The van der Waals surface area contributed by atoms with Crippen LogP contribution in [0.1, 0.15) is 71.4 Å². The zero-order chi connectivity index (χ0) is 25.8. The van der Waals surface area contributed by atoms with Gasteiger partial charge in [-0.2, -0.15) is 4.57 Å². The molecule has 0 bridgehead atoms. The second kappa shape index (κ2) is 8.87. The van der Waals surface area contributed by atoms with Gasteiger partial charge in [-0.15, -0.1) is 0 Å². The third-order valence-corrected chi connectivity index (χ3v) is 9.66. The highest BCUT2D eigenvalue weighted by Gasteiger charge is 2.56. The van der Waals surface area contributed by atoms with Crippen molar-refractivity contribution in [2.45, 2.75) is 77.7 Å². The largest absolute Gasteiger partial charge is 0.309 e. The molecule has 2 nitrogen and oxygen atoms in total. The molecule has 0 fully saturated rings. The van der Waals surface area contributed by atoms with Gasteiger partial charge in [0.2, 0.25) is 5.69 Å². The molecule has 3 heterocycles. The number of rotatable bonds is 6. The number of nitrogens with zero attached hydrogens (tertiary/aromatic N) is 2. The van der Waals surface area contributed by atoms with Crippen LogP contribution in [0.4, 0.5) is 0 Å². The van der Waals surface area contributed by atoms with Gasteiger partial charge in [0.15, 0.2) is 11.7 Å². The number of hydrogen-bond acceptors (Lipinski definition) is 0. The maximum Gasteiger partial charge on any atom is 0.213 e. The van der Waals surface area contributed by atoms with E-state index in [2.05, 4.69) is 129 Å². The summed E-state index contributed by atoms with van der Waals surface area (Å²) in [5.41, 5.74) is 9.45. The Bertz CT molecular complexity index is 1620. The van der Waals surface area contributed by atoms with E-state index in [-0.39, 0.29) is 11.0 Å². The predicted octanol–water partition coefficient (Wildman–Crippen LogP) is 8.89. The quantitative estimate of drug-likeness (QED) is 0.211. The Hall–Kier alpha value is -3.39. The molecule has 0 spiro atoms. The molecule has 0 N–H and O–H groups in total. The van der Waals surface area contributed by atoms with E-state index >= 15 is 0 Å². The molecule has 0 saturated heterocycles. The minimum atomic E-state index is 0.0224. The van der Waals surface area contributed by atoms with Gasteiger partial charge in [-0.05, 0) is 73.7 Å². The number of unbranched alkanes of at least 4 members (excludes halogenated alkanes) is 1. The van der Waals surface area contributed by atoms with Gasteiger partial charge in [0, 0.05) is 41.9 Å². The molecule has 188 valence electrons. The van der Waals surface area contributed by atoms with E-state index in [1.807, 2.05) is 0 Å². The van der Waals surface area contributed by atoms with Crippen molar-refractivity contribution in [3.8, 4) is 16.9 Å². The molecule has 2 aromatic heterocycles. The summed E-state index contributed by atoms with van der Waals surface area (Å²) in [5.74, 6) is 0. The number of para-hydroxylation sites is 1. The molecule has 2 atom stereocenters. The number of aryl methyl sites for hydroxylation is 1. The van der Waals surface area contributed by atoms with Gasteiger partial charge in [-0.3, -0.25) is 0 Å². The van der Waals surface area contributed by atoms with Crippen molar-refractivity contribution < 1.29 is 4.57 Å². The Morgan fingerprint density at radius 1 is 0.757 bits per heavy atom. The molecule has 1 aliphatic rings. The van der Waals surface area contributed by atoms with E-state index in [0.717, 1.165) is 19.3 Å². The van der Waals surface area contributed by atoms with E-state index in [9.17, 15) is 0 Å². The predicted molar refractivity (Wildman–Crippen MR) is 157 cm³/mol. The van der Waals surface area contributed by atoms with E-state index < -0.39 is 0 Å². The Kier molecular flexibility index (Phi) is 5.75. The van der Waals surface area contributed by atoms with Crippen LogP contribution in [-0.4, -0.2) is 4.57 Å². The van der Waals surface area contributed by atoms with Crippen molar-refractivity contribution in [2.24, 2.45) is 0 Å². The molecule has 6 rings (SSSR count). The molecule has 0 radical (unpaired) electrons. The van der Waals surface area contributed by atoms with Crippen LogP contribution in [0.25, 0.3) is 38.8 Å². The summed E-state index contributed by atoms with van der Waals surface area (Å²) in [5, 5.41) is 2.69. The molecule has 37 heavy (non-hydrogen) atoms. The average Bonchev–Trinajstić information content (AvgIpc) is 3.28. The minimum absolute atomic E-state index is 0.0224. The first-order valence-corrected chi connectivity index (χ1v) is 14.2. The summed E-state index contributed by atoms with van der Waals surface area (Å²) >= 11 is 0. The van der Waals surface area contributed by atoms with Crippen LogP contribution in [0.5, 0.6) is 0 Å². The third kappa shape index (κ3) is 3.34. The molecule has 0 aliphatic carbocycles. The molecule has 0 saturated carbocycles. The van der Waals surface area contributed by atoms with E-state index in [4.69, 9.17) is 0 Å². The molecular formula is C35H39N2+. The monoisotopic (exact) mass is 487 g/mol. The first kappa shape index (κ1) is 24.0. The van der Waals surface area contributed by atoms with Gasteiger partial charge in [0.05, 0.1) is 22.0 Å². The summed E-state index contributed by atoms with van der Waals surface area (Å²) < 4.78 is 5.02. The topological polar surface area (TPSA) is 8.81 Å². The number of aromatic nitrogens is 2. The number of benzene rings is 3. The van der Waals surface area contributed by atoms with Gasteiger partial charge in [0.1, 0.15) is 0 Å². The smallest absolute Gasteiger partial charge is 0.213 e. The molecule has 0 amide bonds. The molecule has 3 aromatic carbocycles. The standard InChI is InChI=1S/C35H39N2/c1-6-9-14-25-18-21-33-28(23-25)27-15-10-11-17-32(27)37(33)26-19-20-30-29(24-26)31-16-12-13-22-36(31)35(5,8-3)34(30,4)7-2/h10-13,15-24H,6-9,14H2,1-5H3/q+1. The van der Waals surface area contributed by atoms with Crippen molar-refractivity contribution in [3.63, 3.8) is 0 Å². The molecular weight excluding hydrogens is 448 g/mol. The van der Waals surface area contributed by atoms with Gasteiger partial charge in [0.25, 0.3) is 0 Å². The van der Waals surface area contributed by atoms with Crippen LogP contribution in [0.15, 0.2) is 85.1 Å². The van der Waals surface area contributed by atoms with E-state index in [1.165, 1.54) is 62.7 Å². The summed E-state index contributed by atoms with van der Waals surface area (Å²) in [7, 11) is 0. The SMILES string of the molecule is CCCCc1ccc2c(c1)c1ccccc1n2-c1ccc2c(c1)-c1cccc[n+]1C(C)(CC)C2(C)CC. The zero-order valence-electron chi connectivity index (χ0n) is 23.0. The van der Waals surface area contributed by atoms with Crippen LogP contribution >= 0.6 is 0 Å². The van der Waals surface area contributed by atoms with Crippen molar-refractivity contribution in [3.05, 3.63) is 96.2 Å². The van der Waals surface area contributed by atoms with Crippen molar-refractivity contribution in [2.75, 3.05) is 0 Å². The average molecular weight is 488 g/mol. The lowest BCUT2D eigenvalue weighted by Crippen LogP contribution is -2.67. The summed E-state index contributed by atoms with van der Waals surface area (Å²) in [4.78, 5) is 0. The molecule has 5 aromatic rings. The van der Waals surface area contributed by atoms with Crippen LogP contribution < -0.4 is 4.57 Å². The highest BCUT2D eigenvalue weighted by Crippen LogP contribution is 2.50. The summed E-state index contributed by atoms with van der Waals surface area (Å²) in [6.45, 7) is 11.9. The Balaban J connectivity index is 1.62. The fraction of sp³-hybridized carbons (Fsp3) is 0.343. The highest BCUT2D eigenvalue weighted by molar-refractivity contribution is 6.09. The second-order valence-corrected chi connectivity index (χ2v) is 11.3. The lowest BCUT2D eigenvalue weighted by molar-refractivity contribution is -0.765. The van der Waals surface area contributed by atoms with Crippen LogP contribution in [0, 0.1) is 0 Å². The fourth-order valence-electron chi connectivity index (χ4n) is 6.98. The normalized spacial score (nSPS) is 20.8.